The Balaban J connectivity index is 1.78. The van der Waals surface area contributed by atoms with Gasteiger partial charge < -0.3 is 10.4 Å². The summed E-state index contributed by atoms with van der Waals surface area (Å²) in [6.45, 7) is 0.484. The number of hydrogen-bond donors (Lipinski definition) is 2. The van der Waals surface area contributed by atoms with Gasteiger partial charge in [-0.1, -0.05) is 12.1 Å². The van der Waals surface area contributed by atoms with Crippen LogP contribution in [0.2, 0.25) is 5.28 Å². The molecule has 0 spiro atoms. The molecule has 3 rings (SSSR count). The van der Waals surface area contributed by atoms with Crippen molar-refractivity contribution in [2.45, 2.75) is 6.54 Å². The Labute approximate surface area is 124 Å². The van der Waals surface area contributed by atoms with Crippen LogP contribution in [0, 0.1) is 0 Å². The minimum absolute atomic E-state index is 0.0590. The maximum atomic E-state index is 9.23. The summed E-state index contributed by atoms with van der Waals surface area (Å²) < 4.78 is 1.39. The molecule has 1 aromatic carbocycles. The third-order valence-electron chi connectivity index (χ3n) is 2.61. The quantitative estimate of drug-likeness (QED) is 0.751. The Morgan fingerprint density at radius 3 is 2.67 bits per heavy atom. The van der Waals surface area contributed by atoms with Crippen molar-refractivity contribution in [3.63, 3.8) is 0 Å². The van der Waals surface area contributed by atoms with Crippen LogP contribution in [0.5, 0.6) is 5.75 Å². The summed E-state index contributed by atoms with van der Waals surface area (Å²) in [7, 11) is 0. The molecule has 0 saturated carbocycles. The molecular weight excluding hydrogens is 294 g/mol. The molecule has 0 aliphatic rings. The van der Waals surface area contributed by atoms with Crippen LogP contribution in [0.1, 0.15) is 5.56 Å². The van der Waals surface area contributed by atoms with Gasteiger partial charge in [-0.05, 0) is 29.3 Å². The van der Waals surface area contributed by atoms with E-state index in [1.54, 1.807) is 24.3 Å². The second-order valence-corrected chi connectivity index (χ2v) is 4.43. The number of phenols is 1. The van der Waals surface area contributed by atoms with Crippen molar-refractivity contribution in [2.24, 2.45) is 0 Å². The van der Waals surface area contributed by atoms with Crippen LogP contribution in [-0.2, 0) is 6.54 Å². The van der Waals surface area contributed by atoms with E-state index in [1.165, 1.54) is 17.3 Å². The van der Waals surface area contributed by atoms with Crippen molar-refractivity contribution in [1.82, 2.24) is 29.7 Å². The van der Waals surface area contributed by atoms with Crippen LogP contribution in [0.3, 0.4) is 0 Å². The van der Waals surface area contributed by atoms with Crippen LogP contribution in [0.4, 0.5) is 5.95 Å². The monoisotopic (exact) mass is 303 g/mol. The lowest BCUT2D eigenvalue weighted by molar-refractivity contribution is 0.475. The molecule has 0 fully saturated rings. The number of nitrogens with one attached hydrogen (secondary N) is 1. The first-order valence-electron chi connectivity index (χ1n) is 5.99. The molecule has 21 heavy (non-hydrogen) atoms. The normalized spacial score (nSPS) is 10.5. The molecule has 0 atom stereocenters. The van der Waals surface area contributed by atoms with E-state index >= 15 is 0 Å². The smallest absolute Gasteiger partial charge is 0.258 e. The van der Waals surface area contributed by atoms with Gasteiger partial charge in [0.1, 0.15) is 18.4 Å². The molecule has 2 aromatic heterocycles. The van der Waals surface area contributed by atoms with E-state index < -0.39 is 0 Å². The molecule has 0 radical (unpaired) electrons. The lowest BCUT2D eigenvalue weighted by Crippen LogP contribution is -2.09. The predicted octanol–water partition coefficient (Wildman–Crippen LogP) is 1.42. The maximum absolute atomic E-state index is 9.23. The fourth-order valence-corrected chi connectivity index (χ4v) is 1.78. The number of aromatic nitrogens is 6. The Bertz CT molecular complexity index is 730. The number of benzene rings is 1. The Kier molecular flexibility index (Phi) is 3.61. The van der Waals surface area contributed by atoms with Gasteiger partial charge in [0, 0.05) is 6.54 Å². The van der Waals surface area contributed by atoms with Crippen LogP contribution in [0.15, 0.2) is 36.9 Å². The van der Waals surface area contributed by atoms with Gasteiger partial charge in [-0.15, -0.1) is 0 Å². The molecule has 0 aliphatic carbocycles. The van der Waals surface area contributed by atoms with Crippen LogP contribution in [0.25, 0.3) is 5.95 Å². The minimum atomic E-state index is 0.0590. The van der Waals surface area contributed by atoms with E-state index in [4.69, 9.17) is 11.6 Å². The summed E-state index contributed by atoms with van der Waals surface area (Å²) in [5, 5.41) is 16.3. The first-order chi connectivity index (χ1) is 10.2. The van der Waals surface area contributed by atoms with Crippen molar-refractivity contribution in [1.29, 1.82) is 0 Å². The van der Waals surface area contributed by atoms with Crippen molar-refractivity contribution in [3.8, 4) is 11.7 Å². The zero-order valence-corrected chi connectivity index (χ0v) is 11.4. The van der Waals surface area contributed by atoms with Gasteiger partial charge in [0.05, 0.1) is 0 Å². The zero-order chi connectivity index (χ0) is 14.7. The third-order valence-corrected chi connectivity index (χ3v) is 2.78. The standard InChI is InChI=1S/C12H10ClN7O/c13-10-17-11(15-5-8-1-3-9(21)4-2-8)19-12(18-10)20-7-14-6-16-20/h1-4,6-7,21H,5H2,(H,15,17,18,19). The molecule has 0 saturated heterocycles. The van der Waals surface area contributed by atoms with Crippen molar-refractivity contribution in [3.05, 3.63) is 47.8 Å². The van der Waals surface area contributed by atoms with E-state index in [0.717, 1.165) is 5.56 Å². The van der Waals surface area contributed by atoms with Gasteiger partial charge in [-0.3, -0.25) is 0 Å². The number of aromatic hydroxyl groups is 1. The number of phenolic OH excluding ortho intramolecular Hbond substituents is 1. The number of nitrogens with zero attached hydrogens (tertiary/aromatic N) is 6. The van der Waals surface area contributed by atoms with Gasteiger partial charge in [0.25, 0.3) is 5.95 Å². The number of anilines is 1. The van der Waals surface area contributed by atoms with Gasteiger partial charge >= 0.3 is 0 Å². The molecule has 0 bridgehead atoms. The van der Waals surface area contributed by atoms with Crippen LogP contribution in [-0.4, -0.2) is 34.8 Å². The Morgan fingerprint density at radius 1 is 1.14 bits per heavy atom. The van der Waals surface area contributed by atoms with Crippen LogP contribution < -0.4 is 5.32 Å². The Morgan fingerprint density at radius 2 is 1.95 bits per heavy atom. The fourth-order valence-electron chi connectivity index (χ4n) is 1.63. The zero-order valence-electron chi connectivity index (χ0n) is 10.7. The predicted molar refractivity (Wildman–Crippen MR) is 75.2 cm³/mol. The molecule has 9 heteroatoms. The van der Waals surface area contributed by atoms with E-state index in [2.05, 4.69) is 30.4 Å². The average molecular weight is 304 g/mol. The van der Waals surface area contributed by atoms with E-state index in [9.17, 15) is 5.11 Å². The van der Waals surface area contributed by atoms with E-state index in [0.29, 0.717) is 12.5 Å². The van der Waals surface area contributed by atoms with Gasteiger partial charge in [0.15, 0.2) is 0 Å². The largest absolute Gasteiger partial charge is 0.508 e. The molecule has 2 heterocycles. The van der Waals surface area contributed by atoms with Crippen molar-refractivity contribution in [2.75, 3.05) is 5.32 Å². The van der Waals surface area contributed by atoms with E-state index in [1.807, 2.05) is 0 Å². The summed E-state index contributed by atoms with van der Waals surface area (Å²) in [5.41, 5.74) is 0.964. The highest BCUT2D eigenvalue weighted by Crippen LogP contribution is 2.12. The lowest BCUT2D eigenvalue weighted by atomic mass is 10.2. The second kappa shape index (κ2) is 5.71. The van der Waals surface area contributed by atoms with Crippen molar-refractivity contribution < 1.29 is 5.11 Å². The third kappa shape index (κ3) is 3.23. The van der Waals surface area contributed by atoms with Gasteiger partial charge in [-0.2, -0.15) is 24.7 Å². The summed E-state index contributed by atoms with van der Waals surface area (Å²) in [4.78, 5) is 16.0. The lowest BCUT2D eigenvalue weighted by Gasteiger charge is -2.06. The first-order valence-corrected chi connectivity index (χ1v) is 6.37. The minimum Gasteiger partial charge on any atom is -0.508 e. The van der Waals surface area contributed by atoms with Crippen molar-refractivity contribution >= 4 is 17.5 Å². The SMILES string of the molecule is Oc1ccc(CNc2nc(Cl)nc(-n3cncn3)n2)cc1. The van der Waals surface area contributed by atoms with Crippen LogP contribution >= 0.6 is 11.6 Å². The van der Waals surface area contributed by atoms with Gasteiger partial charge in [-0.25, -0.2) is 4.98 Å². The highest BCUT2D eigenvalue weighted by atomic mass is 35.5. The number of hydrogen-bond acceptors (Lipinski definition) is 7. The second-order valence-electron chi connectivity index (χ2n) is 4.09. The highest BCUT2D eigenvalue weighted by molar-refractivity contribution is 6.28. The molecule has 2 N–H and O–H groups in total. The maximum Gasteiger partial charge on any atom is 0.258 e. The molecule has 0 unspecified atom stereocenters. The van der Waals surface area contributed by atoms with Gasteiger partial charge in [0.2, 0.25) is 11.2 Å². The fraction of sp³-hybridized carbons (Fsp3) is 0.0833. The Hall–Kier alpha value is -2.74. The summed E-state index contributed by atoms with van der Waals surface area (Å²) >= 11 is 5.87. The molecule has 8 nitrogen and oxygen atoms in total. The summed E-state index contributed by atoms with van der Waals surface area (Å²) in [6, 6.07) is 6.81. The summed E-state index contributed by atoms with van der Waals surface area (Å²) in [5.74, 6) is 0.824. The van der Waals surface area contributed by atoms with E-state index in [-0.39, 0.29) is 17.0 Å². The summed E-state index contributed by atoms with van der Waals surface area (Å²) in [6.07, 6.45) is 2.84. The molecule has 0 aliphatic heterocycles. The topological polar surface area (TPSA) is 102 Å². The first kappa shape index (κ1) is 13.3. The molecule has 3 aromatic rings. The highest BCUT2D eigenvalue weighted by Gasteiger charge is 2.07. The average Bonchev–Trinajstić information content (AvgIpc) is 3.00. The molecule has 0 amide bonds. The number of rotatable bonds is 4. The molecular formula is C12H10ClN7O. The number of halogens is 1. The molecule has 106 valence electrons.